The number of rotatable bonds is 0. The van der Waals surface area contributed by atoms with Crippen LogP contribution in [-0.4, -0.2) is 0 Å². The van der Waals surface area contributed by atoms with E-state index in [9.17, 15) is 25.2 Å². The molecule has 0 saturated carbocycles. The van der Waals surface area contributed by atoms with Crippen LogP contribution >= 0.6 is 7.81 Å². The Kier molecular flexibility index (Phi) is 3.12. The molecule has 2 rings (SSSR count). The fourth-order valence-corrected chi connectivity index (χ4v) is 1.31. The van der Waals surface area contributed by atoms with Crippen molar-refractivity contribution in [2.75, 3.05) is 0 Å². The molecule has 0 radical (unpaired) electrons. The molecule has 1 nitrogen and oxygen atoms in total. The monoisotopic (exact) mass is 289 g/mol. The van der Waals surface area contributed by atoms with E-state index in [2.05, 4.69) is 54.2 Å². The van der Waals surface area contributed by atoms with E-state index in [4.69, 9.17) is 0 Å². The van der Waals surface area contributed by atoms with E-state index in [1.165, 1.54) is 10.9 Å². The van der Waals surface area contributed by atoms with E-state index in [1.807, 2.05) is 0 Å². The van der Waals surface area contributed by atoms with Gasteiger partial charge in [0.15, 0.2) is 6.20 Å². The Bertz CT molecular complexity index is 546. The van der Waals surface area contributed by atoms with Crippen molar-refractivity contribution in [2.45, 2.75) is 0 Å². The molecule has 0 N–H and O–H groups in total. The average molecular weight is 289 g/mol. The summed E-state index contributed by atoms with van der Waals surface area (Å²) >= 11 is 0. The quantitative estimate of drug-likeness (QED) is 0.363. The summed E-state index contributed by atoms with van der Waals surface area (Å²) in [7, 11) is -8.60. The van der Waals surface area contributed by atoms with Crippen molar-refractivity contribution in [2.24, 2.45) is 7.05 Å². The van der Waals surface area contributed by atoms with E-state index in [-0.39, 0.29) is 0 Å². The average Bonchev–Trinajstić information content (AvgIpc) is 2.14. The molecule has 0 spiro atoms. The van der Waals surface area contributed by atoms with Crippen LogP contribution < -0.4 is 4.57 Å². The second-order valence-electron chi connectivity index (χ2n) is 3.64. The van der Waals surface area contributed by atoms with E-state index in [0.29, 0.717) is 0 Å². The predicted molar refractivity (Wildman–Crippen MR) is 58.7 cm³/mol. The first-order valence-corrected chi connectivity index (χ1v) is 6.75. The second kappa shape index (κ2) is 3.82. The summed E-state index contributed by atoms with van der Waals surface area (Å²) in [6, 6.07) is 12.5. The van der Waals surface area contributed by atoms with Gasteiger partial charge in [0.05, 0.1) is 0 Å². The Morgan fingerprint density at radius 1 is 0.833 bits per heavy atom. The fraction of sp³-hybridized carbons (Fsp3) is 0.100. The molecule has 102 valence electrons. The molecule has 0 unspecified atom stereocenters. The summed E-state index contributed by atoms with van der Waals surface area (Å²) in [4.78, 5) is 0. The molecule has 0 bridgehead atoms. The Morgan fingerprint density at radius 3 is 1.78 bits per heavy atom. The molecule has 1 heterocycles. The molecule has 1 aromatic carbocycles. The number of nitrogens with zero attached hydrogens (tertiary/aromatic N) is 1. The summed E-state index contributed by atoms with van der Waals surface area (Å²) in [6.07, 6.45) is 2.06. The van der Waals surface area contributed by atoms with Crippen LogP contribution in [0.5, 0.6) is 0 Å². The van der Waals surface area contributed by atoms with Gasteiger partial charge in [-0.3, -0.25) is 0 Å². The van der Waals surface area contributed by atoms with E-state index < -0.39 is 7.81 Å². The third-order valence-electron chi connectivity index (χ3n) is 1.90. The van der Waals surface area contributed by atoms with Crippen molar-refractivity contribution < 1.29 is 29.7 Å². The molecular formula is C10H10F6NP. The van der Waals surface area contributed by atoms with Crippen molar-refractivity contribution in [3.63, 3.8) is 0 Å². The Hall–Kier alpha value is -1.36. The first kappa shape index (κ1) is 14.7. The van der Waals surface area contributed by atoms with Gasteiger partial charge in [-0.05, 0) is 12.1 Å². The molecular weight excluding hydrogens is 279 g/mol. The molecule has 0 amide bonds. The minimum absolute atomic E-state index is 1.27. The number of para-hydroxylation sites is 1. The SMILES string of the molecule is C[n+]1cccc2ccccc21.F[P-](F)(F)(F)(F)F. The molecule has 8 heteroatoms. The number of aryl methyl sites for hydroxylation is 1. The van der Waals surface area contributed by atoms with Crippen LogP contribution in [0.25, 0.3) is 10.9 Å². The van der Waals surface area contributed by atoms with Crippen LogP contribution in [0.2, 0.25) is 0 Å². The Labute approximate surface area is 98.9 Å². The van der Waals surface area contributed by atoms with Crippen LogP contribution in [-0.2, 0) is 7.05 Å². The van der Waals surface area contributed by atoms with E-state index in [0.717, 1.165) is 0 Å². The zero-order valence-electron chi connectivity index (χ0n) is 9.20. The maximum atomic E-state index is 9.87. The first-order chi connectivity index (χ1) is 7.83. The molecule has 1 aromatic heterocycles. The van der Waals surface area contributed by atoms with Crippen LogP contribution in [0.3, 0.4) is 0 Å². The van der Waals surface area contributed by atoms with Crippen molar-refractivity contribution in [3.8, 4) is 0 Å². The minimum atomic E-state index is -10.7. The summed E-state index contributed by atoms with van der Waals surface area (Å²) in [6.45, 7) is 0. The van der Waals surface area contributed by atoms with Crippen molar-refractivity contribution >= 4 is 18.7 Å². The van der Waals surface area contributed by atoms with Crippen LogP contribution in [0.15, 0.2) is 42.6 Å². The van der Waals surface area contributed by atoms with Gasteiger partial charge in [0.1, 0.15) is 7.05 Å². The summed E-state index contributed by atoms with van der Waals surface area (Å²) in [5.74, 6) is 0. The Balaban J connectivity index is 0.000000203. The molecule has 0 atom stereocenters. The van der Waals surface area contributed by atoms with Gasteiger partial charge in [-0.15, -0.1) is 0 Å². The standard InChI is InChI=1S/C10H10N.F6P/c1-11-8-4-6-9-5-2-3-7-10(9)11;1-7(2,3,4,5)6/h2-8H,1H3;/q+1;-1. The van der Waals surface area contributed by atoms with Gasteiger partial charge in [0.2, 0.25) is 5.52 Å². The Morgan fingerprint density at radius 2 is 1.28 bits per heavy atom. The van der Waals surface area contributed by atoms with Gasteiger partial charge < -0.3 is 0 Å². The van der Waals surface area contributed by atoms with Crippen molar-refractivity contribution in [3.05, 3.63) is 42.6 Å². The van der Waals surface area contributed by atoms with E-state index in [1.54, 1.807) is 0 Å². The summed E-state index contributed by atoms with van der Waals surface area (Å²) < 4.78 is 61.3. The number of halogens is 6. The molecule has 0 saturated heterocycles. The second-order valence-corrected chi connectivity index (χ2v) is 5.55. The predicted octanol–water partition coefficient (Wildman–Crippen LogP) is 5.05. The number of hydrogen-bond donors (Lipinski definition) is 0. The summed E-state index contributed by atoms with van der Waals surface area (Å²) in [5.41, 5.74) is 1.27. The molecule has 0 aliphatic rings. The van der Waals surface area contributed by atoms with E-state index >= 15 is 0 Å². The summed E-state index contributed by atoms with van der Waals surface area (Å²) in [5, 5.41) is 1.29. The number of aromatic nitrogens is 1. The van der Waals surface area contributed by atoms with Gasteiger partial charge in [-0.1, -0.05) is 12.1 Å². The molecule has 2 aromatic rings. The zero-order valence-corrected chi connectivity index (χ0v) is 10.1. The molecule has 0 fully saturated rings. The topological polar surface area (TPSA) is 3.88 Å². The van der Waals surface area contributed by atoms with Gasteiger partial charge in [-0.25, -0.2) is 4.57 Å². The van der Waals surface area contributed by atoms with Gasteiger partial charge in [0, 0.05) is 17.5 Å². The molecule has 0 aliphatic heterocycles. The molecule has 0 aliphatic carbocycles. The number of hydrogen-bond acceptors (Lipinski definition) is 0. The van der Waals surface area contributed by atoms with Gasteiger partial charge in [-0.2, -0.15) is 0 Å². The normalized spacial score (nSPS) is 15.3. The van der Waals surface area contributed by atoms with Gasteiger partial charge in [0.25, 0.3) is 0 Å². The number of fused-ring (bicyclic) bond motifs is 1. The third kappa shape index (κ3) is 7.06. The zero-order chi connectivity index (χ0) is 14.1. The van der Waals surface area contributed by atoms with Crippen molar-refractivity contribution in [1.29, 1.82) is 0 Å². The molecule has 18 heavy (non-hydrogen) atoms. The van der Waals surface area contributed by atoms with Crippen LogP contribution in [0.1, 0.15) is 0 Å². The number of benzene rings is 1. The maximum absolute atomic E-state index is 10.7. The van der Waals surface area contributed by atoms with Gasteiger partial charge >= 0.3 is 33.0 Å². The number of pyridine rings is 1. The third-order valence-corrected chi connectivity index (χ3v) is 1.90. The first-order valence-electron chi connectivity index (χ1n) is 4.73. The fourth-order valence-electron chi connectivity index (χ4n) is 1.31. The van der Waals surface area contributed by atoms with Crippen LogP contribution in [0.4, 0.5) is 25.2 Å². The van der Waals surface area contributed by atoms with Crippen molar-refractivity contribution in [1.82, 2.24) is 0 Å². The van der Waals surface area contributed by atoms with Crippen LogP contribution in [0, 0.1) is 0 Å².